The molecule has 0 atom stereocenters. The van der Waals surface area contributed by atoms with E-state index in [4.69, 9.17) is 16.3 Å². The first kappa shape index (κ1) is 13.5. The molecule has 1 N–H and O–H groups in total. The van der Waals surface area contributed by atoms with Gasteiger partial charge in [-0.2, -0.15) is 13.2 Å². The summed E-state index contributed by atoms with van der Waals surface area (Å²) in [6.07, 6.45) is -1.90. The molecule has 0 bridgehead atoms. The van der Waals surface area contributed by atoms with Gasteiger partial charge in [-0.15, -0.1) is 0 Å². The Hall–Kier alpha value is -1.89. The maximum absolute atomic E-state index is 12.6. The van der Waals surface area contributed by atoms with Gasteiger partial charge < -0.3 is 10.1 Å². The van der Waals surface area contributed by atoms with Crippen LogP contribution >= 0.6 is 11.6 Å². The number of carbonyl (C=O) groups excluding carboxylic acids is 1. The minimum atomic E-state index is -4.57. The first-order chi connectivity index (χ1) is 8.88. The van der Waals surface area contributed by atoms with Crippen molar-refractivity contribution in [3.8, 4) is 0 Å². The van der Waals surface area contributed by atoms with E-state index in [1.54, 1.807) is 0 Å². The number of anilines is 1. The second kappa shape index (κ2) is 5.00. The van der Waals surface area contributed by atoms with Crippen molar-refractivity contribution in [3.63, 3.8) is 0 Å². The Bertz CT molecular complexity index is 531. The van der Waals surface area contributed by atoms with E-state index in [1.165, 1.54) is 23.4 Å². The zero-order valence-corrected chi connectivity index (χ0v) is 10.1. The number of ether oxygens (including phenoxy) is 1. The average Bonchev–Trinajstić information content (AvgIpc) is 2.83. The number of halogens is 4. The third-order valence-corrected chi connectivity index (χ3v) is 2.66. The van der Waals surface area contributed by atoms with Crippen molar-refractivity contribution in [2.75, 3.05) is 12.0 Å². The van der Waals surface area contributed by atoms with Gasteiger partial charge in [-0.05, 0) is 18.2 Å². The third kappa shape index (κ3) is 3.11. The van der Waals surface area contributed by atoms with Crippen LogP contribution < -0.4 is 5.32 Å². The lowest BCUT2D eigenvalue weighted by molar-refractivity contribution is -0.137. The van der Waals surface area contributed by atoms with Crippen LogP contribution in [0.1, 0.15) is 5.56 Å². The molecule has 2 amide bonds. The zero-order chi connectivity index (χ0) is 14.0. The predicted octanol–water partition coefficient (Wildman–Crippen LogP) is 3.65. The highest BCUT2D eigenvalue weighted by molar-refractivity contribution is 6.31. The number of amides is 2. The molecule has 1 aliphatic heterocycles. The SMILES string of the molecule is O=C(Nc1ccc(Cl)c(C(F)(F)F)c1)N1C=COC1. The molecule has 1 heterocycles. The smallest absolute Gasteiger partial charge is 0.417 e. The molecule has 1 aromatic carbocycles. The molecular formula is C11H8ClF3N2O2. The molecule has 19 heavy (non-hydrogen) atoms. The van der Waals surface area contributed by atoms with Crippen molar-refractivity contribution in [3.05, 3.63) is 41.2 Å². The molecule has 0 aromatic heterocycles. The molecule has 0 unspecified atom stereocenters. The lowest BCUT2D eigenvalue weighted by Gasteiger charge is -2.15. The average molecular weight is 293 g/mol. The van der Waals surface area contributed by atoms with E-state index in [0.29, 0.717) is 0 Å². The van der Waals surface area contributed by atoms with Gasteiger partial charge in [0, 0.05) is 11.9 Å². The fraction of sp³-hybridized carbons (Fsp3) is 0.182. The number of benzene rings is 1. The van der Waals surface area contributed by atoms with Gasteiger partial charge >= 0.3 is 12.2 Å². The minimum Gasteiger partial charge on any atom is -0.479 e. The van der Waals surface area contributed by atoms with Crippen LogP contribution in [-0.4, -0.2) is 17.7 Å². The molecule has 102 valence electrons. The molecule has 1 aliphatic rings. The Morgan fingerprint density at radius 2 is 2.16 bits per heavy atom. The van der Waals surface area contributed by atoms with Crippen LogP contribution in [0.25, 0.3) is 0 Å². The van der Waals surface area contributed by atoms with Crippen molar-refractivity contribution in [2.45, 2.75) is 6.18 Å². The Morgan fingerprint density at radius 1 is 1.42 bits per heavy atom. The van der Waals surface area contributed by atoms with E-state index >= 15 is 0 Å². The molecule has 0 radical (unpaired) electrons. The fourth-order valence-electron chi connectivity index (χ4n) is 1.42. The molecule has 4 nitrogen and oxygen atoms in total. The Morgan fingerprint density at radius 3 is 2.74 bits per heavy atom. The normalized spacial score (nSPS) is 14.4. The number of hydrogen-bond donors (Lipinski definition) is 1. The zero-order valence-electron chi connectivity index (χ0n) is 9.37. The number of nitrogens with one attached hydrogen (secondary N) is 1. The van der Waals surface area contributed by atoms with Gasteiger partial charge in [-0.1, -0.05) is 11.6 Å². The van der Waals surface area contributed by atoms with E-state index < -0.39 is 22.8 Å². The second-order valence-electron chi connectivity index (χ2n) is 3.67. The van der Waals surface area contributed by atoms with Crippen LogP contribution in [0.15, 0.2) is 30.7 Å². The van der Waals surface area contributed by atoms with Gasteiger partial charge in [0.1, 0.15) is 6.26 Å². The van der Waals surface area contributed by atoms with Crippen LogP contribution in [-0.2, 0) is 10.9 Å². The number of carbonyl (C=O) groups is 1. The standard InChI is InChI=1S/C11H8ClF3N2O2/c12-9-2-1-7(5-8(9)11(13,14)15)16-10(18)17-3-4-19-6-17/h1-5H,6H2,(H,16,18). The summed E-state index contributed by atoms with van der Waals surface area (Å²) in [7, 11) is 0. The van der Waals surface area contributed by atoms with Crippen molar-refractivity contribution in [2.24, 2.45) is 0 Å². The van der Waals surface area contributed by atoms with E-state index in [0.717, 1.165) is 12.1 Å². The largest absolute Gasteiger partial charge is 0.479 e. The fourth-order valence-corrected chi connectivity index (χ4v) is 1.65. The lowest BCUT2D eigenvalue weighted by Crippen LogP contribution is -2.29. The highest BCUT2D eigenvalue weighted by Crippen LogP contribution is 2.36. The van der Waals surface area contributed by atoms with E-state index in [1.807, 2.05) is 0 Å². The number of rotatable bonds is 1. The van der Waals surface area contributed by atoms with Crippen LogP contribution in [0.2, 0.25) is 5.02 Å². The topological polar surface area (TPSA) is 41.6 Å². The predicted molar refractivity (Wildman–Crippen MR) is 62.4 cm³/mol. The van der Waals surface area contributed by atoms with E-state index in [-0.39, 0.29) is 12.4 Å². The summed E-state index contributed by atoms with van der Waals surface area (Å²) in [5, 5.41) is 1.90. The summed E-state index contributed by atoms with van der Waals surface area (Å²) in [5.41, 5.74) is -0.998. The van der Waals surface area contributed by atoms with E-state index in [2.05, 4.69) is 5.32 Å². The molecular weight excluding hydrogens is 285 g/mol. The van der Waals surface area contributed by atoms with Gasteiger partial charge in [0.2, 0.25) is 0 Å². The minimum absolute atomic E-state index is 0.00188. The molecule has 0 fully saturated rings. The lowest BCUT2D eigenvalue weighted by atomic mass is 10.2. The quantitative estimate of drug-likeness (QED) is 0.858. The molecule has 2 rings (SSSR count). The first-order valence-corrected chi connectivity index (χ1v) is 5.48. The number of urea groups is 1. The highest BCUT2D eigenvalue weighted by Gasteiger charge is 2.33. The Balaban J connectivity index is 2.17. The van der Waals surface area contributed by atoms with Crippen LogP contribution in [0.3, 0.4) is 0 Å². The highest BCUT2D eigenvalue weighted by atomic mass is 35.5. The summed E-state index contributed by atoms with van der Waals surface area (Å²) < 4.78 is 42.7. The number of alkyl halides is 3. The number of hydrogen-bond acceptors (Lipinski definition) is 2. The van der Waals surface area contributed by atoms with Gasteiger partial charge in [-0.3, -0.25) is 4.90 Å². The molecule has 8 heteroatoms. The summed E-state index contributed by atoms with van der Waals surface area (Å²) in [6.45, 7) is 0.0194. The van der Waals surface area contributed by atoms with Crippen molar-refractivity contribution in [1.82, 2.24) is 4.90 Å². The molecule has 0 saturated heterocycles. The van der Waals surface area contributed by atoms with Crippen LogP contribution in [0, 0.1) is 0 Å². The summed E-state index contributed by atoms with van der Waals surface area (Å²) in [6, 6.07) is 2.55. The maximum atomic E-state index is 12.6. The molecule has 0 spiro atoms. The molecule has 0 aliphatic carbocycles. The van der Waals surface area contributed by atoms with Gasteiger partial charge in [0.25, 0.3) is 0 Å². The van der Waals surface area contributed by atoms with Crippen molar-refractivity contribution < 1.29 is 22.7 Å². The maximum Gasteiger partial charge on any atom is 0.417 e. The summed E-state index contributed by atoms with van der Waals surface area (Å²) >= 11 is 5.47. The number of nitrogens with zero attached hydrogens (tertiary/aromatic N) is 1. The monoisotopic (exact) mass is 292 g/mol. The van der Waals surface area contributed by atoms with Crippen molar-refractivity contribution in [1.29, 1.82) is 0 Å². The van der Waals surface area contributed by atoms with Crippen LogP contribution in [0.5, 0.6) is 0 Å². The van der Waals surface area contributed by atoms with Gasteiger partial charge in [0.15, 0.2) is 6.73 Å². The van der Waals surface area contributed by atoms with Gasteiger partial charge in [0.05, 0.1) is 10.6 Å². The van der Waals surface area contributed by atoms with E-state index in [9.17, 15) is 18.0 Å². The van der Waals surface area contributed by atoms with Crippen molar-refractivity contribution >= 4 is 23.3 Å². The second-order valence-corrected chi connectivity index (χ2v) is 4.08. The van der Waals surface area contributed by atoms with Crippen LogP contribution in [0.4, 0.5) is 23.7 Å². The summed E-state index contributed by atoms with van der Waals surface area (Å²) in [5.74, 6) is 0. The first-order valence-electron chi connectivity index (χ1n) is 5.10. The van der Waals surface area contributed by atoms with Gasteiger partial charge in [-0.25, -0.2) is 4.79 Å². The Kier molecular flexibility index (Phi) is 3.57. The molecule has 1 aromatic rings. The Labute approximate surface area is 111 Å². The third-order valence-electron chi connectivity index (χ3n) is 2.33. The molecule has 0 saturated carbocycles. The summed E-state index contributed by atoms with van der Waals surface area (Å²) in [4.78, 5) is 12.8.